The lowest BCUT2D eigenvalue weighted by Gasteiger charge is -2.20. The van der Waals surface area contributed by atoms with E-state index in [1.54, 1.807) is 6.08 Å². The van der Waals surface area contributed by atoms with Gasteiger partial charge in [0.1, 0.15) is 0 Å². The van der Waals surface area contributed by atoms with E-state index >= 15 is 0 Å². The largest absolute Gasteiger partial charge is 0.466 e. The van der Waals surface area contributed by atoms with Gasteiger partial charge in [0.2, 0.25) is 5.91 Å². The van der Waals surface area contributed by atoms with Gasteiger partial charge in [0, 0.05) is 12.8 Å². The maximum Gasteiger partial charge on any atom is 0.305 e. The van der Waals surface area contributed by atoms with Crippen LogP contribution in [0.4, 0.5) is 0 Å². The maximum absolute atomic E-state index is 12.4. The average molecular weight is 987 g/mol. The van der Waals surface area contributed by atoms with Crippen LogP contribution in [0.5, 0.6) is 0 Å². The van der Waals surface area contributed by atoms with Crippen molar-refractivity contribution in [2.75, 3.05) is 13.2 Å². The van der Waals surface area contributed by atoms with Gasteiger partial charge in [-0.05, 0) is 57.8 Å². The third kappa shape index (κ3) is 55.7. The number of aliphatic hydroxyl groups is 2. The van der Waals surface area contributed by atoms with E-state index in [0.29, 0.717) is 19.4 Å². The van der Waals surface area contributed by atoms with E-state index in [9.17, 15) is 19.8 Å². The second kappa shape index (κ2) is 59.9. The first-order valence-corrected chi connectivity index (χ1v) is 31.6. The minimum Gasteiger partial charge on any atom is -0.466 e. The fourth-order valence-corrected chi connectivity index (χ4v) is 9.87. The van der Waals surface area contributed by atoms with Crippen LogP contribution < -0.4 is 5.32 Å². The molecule has 6 nitrogen and oxygen atoms in total. The van der Waals surface area contributed by atoms with Gasteiger partial charge in [-0.2, -0.15) is 0 Å². The molecule has 1 amide bonds. The van der Waals surface area contributed by atoms with Gasteiger partial charge in [0.15, 0.2) is 0 Å². The van der Waals surface area contributed by atoms with E-state index in [0.717, 1.165) is 38.5 Å². The number of aliphatic hydroxyl groups excluding tert-OH is 2. The van der Waals surface area contributed by atoms with Gasteiger partial charge < -0.3 is 20.3 Å². The molecule has 70 heavy (non-hydrogen) atoms. The summed E-state index contributed by atoms with van der Waals surface area (Å²) in [6, 6.07) is -0.627. The predicted octanol–water partition coefficient (Wildman–Crippen LogP) is 19.8. The molecule has 2 atom stereocenters. The normalized spacial score (nSPS) is 12.7. The van der Waals surface area contributed by atoms with Gasteiger partial charge >= 0.3 is 5.97 Å². The molecule has 0 spiro atoms. The van der Waals surface area contributed by atoms with Crippen LogP contribution >= 0.6 is 0 Å². The maximum atomic E-state index is 12.4. The van der Waals surface area contributed by atoms with E-state index in [2.05, 4.69) is 31.3 Å². The number of amides is 1. The molecule has 0 aromatic carbocycles. The standard InChI is InChI=1S/C64H123NO5/c1-3-5-7-9-11-13-15-16-17-31-34-38-42-46-50-54-58-64(69)70-59-55-51-47-43-39-35-32-29-27-25-23-21-19-18-20-22-24-26-28-30-33-37-41-45-49-53-57-63(68)65-61(60-66)62(67)56-52-48-44-40-36-14-12-10-8-6-4-2/h18,20,52,56,61-62,66-67H,3-17,19,21-51,53-55,57-60H2,1-2H3,(H,65,68)/b20-18-,56-52+. The molecule has 0 fully saturated rings. The number of hydrogen-bond acceptors (Lipinski definition) is 5. The number of unbranched alkanes of at least 4 members (excludes halogenated alkanes) is 46. The summed E-state index contributed by atoms with van der Waals surface area (Å²) < 4.78 is 5.50. The van der Waals surface area contributed by atoms with E-state index in [1.165, 1.54) is 283 Å². The highest BCUT2D eigenvalue weighted by Crippen LogP contribution is 2.17. The lowest BCUT2D eigenvalue weighted by atomic mass is 10.0. The molecule has 414 valence electrons. The van der Waals surface area contributed by atoms with Gasteiger partial charge in [0.05, 0.1) is 25.4 Å². The number of ether oxygens (including phenoxy) is 1. The van der Waals surface area contributed by atoms with Crippen LogP contribution in [0, 0.1) is 0 Å². The van der Waals surface area contributed by atoms with Crippen LogP contribution in [-0.4, -0.2) is 47.4 Å². The highest BCUT2D eigenvalue weighted by Gasteiger charge is 2.18. The number of nitrogens with one attached hydrogen (secondary N) is 1. The first-order valence-electron chi connectivity index (χ1n) is 31.6. The summed E-state index contributed by atoms with van der Waals surface area (Å²) in [5.74, 6) is -0.0525. The molecule has 0 aliphatic heterocycles. The third-order valence-corrected chi connectivity index (χ3v) is 14.7. The zero-order chi connectivity index (χ0) is 50.7. The molecule has 0 aromatic heterocycles. The van der Waals surface area contributed by atoms with Crippen molar-refractivity contribution in [3.63, 3.8) is 0 Å². The Bertz CT molecular complexity index is 1090. The van der Waals surface area contributed by atoms with Gasteiger partial charge in [-0.15, -0.1) is 0 Å². The Hall–Kier alpha value is -1.66. The average Bonchev–Trinajstić information content (AvgIpc) is 3.36. The van der Waals surface area contributed by atoms with E-state index in [4.69, 9.17) is 4.74 Å². The molecule has 2 unspecified atom stereocenters. The summed E-state index contributed by atoms with van der Waals surface area (Å²) in [6.07, 6.45) is 73.8. The summed E-state index contributed by atoms with van der Waals surface area (Å²) >= 11 is 0. The molecule has 3 N–H and O–H groups in total. The molecule has 0 saturated heterocycles. The van der Waals surface area contributed by atoms with Crippen LogP contribution in [0.15, 0.2) is 24.3 Å². The fourth-order valence-electron chi connectivity index (χ4n) is 9.87. The molecule has 6 heteroatoms. The molecule has 0 saturated carbocycles. The van der Waals surface area contributed by atoms with Crippen molar-refractivity contribution in [1.82, 2.24) is 5.32 Å². The minimum atomic E-state index is -0.844. The van der Waals surface area contributed by atoms with E-state index in [1.807, 2.05) is 6.08 Å². The van der Waals surface area contributed by atoms with Gasteiger partial charge in [0.25, 0.3) is 0 Å². The minimum absolute atomic E-state index is 0.0176. The molecule has 0 rings (SSSR count). The van der Waals surface area contributed by atoms with Crippen molar-refractivity contribution < 1.29 is 24.5 Å². The summed E-state index contributed by atoms with van der Waals surface area (Å²) in [5.41, 5.74) is 0. The molecule has 0 aliphatic rings. The smallest absolute Gasteiger partial charge is 0.305 e. The number of carbonyl (C=O) groups is 2. The number of allylic oxidation sites excluding steroid dienone is 3. The van der Waals surface area contributed by atoms with Crippen LogP contribution in [-0.2, 0) is 14.3 Å². The second-order valence-corrected chi connectivity index (χ2v) is 21.7. The Morgan fingerprint density at radius 3 is 1.01 bits per heavy atom. The Balaban J connectivity index is 3.37. The molecular formula is C64H123NO5. The molecule has 0 aliphatic carbocycles. The molecule has 0 radical (unpaired) electrons. The van der Waals surface area contributed by atoms with Crippen molar-refractivity contribution >= 4 is 11.9 Å². The van der Waals surface area contributed by atoms with Crippen LogP contribution in [0.1, 0.15) is 348 Å². The number of carbonyl (C=O) groups excluding carboxylic acids is 2. The lowest BCUT2D eigenvalue weighted by molar-refractivity contribution is -0.143. The SMILES string of the molecule is CCCCCCCCCCC/C=C/C(O)C(CO)NC(=O)CCCCCCCCCCCC/C=C\CCCCCCCCCCCCCCOC(=O)CCCCCCCCCCCCCCCCCC. The summed E-state index contributed by atoms with van der Waals surface area (Å²) in [6.45, 7) is 4.91. The number of esters is 1. The van der Waals surface area contributed by atoms with Crippen molar-refractivity contribution in [3.05, 3.63) is 24.3 Å². The number of hydrogen-bond donors (Lipinski definition) is 3. The highest BCUT2D eigenvalue weighted by molar-refractivity contribution is 5.76. The lowest BCUT2D eigenvalue weighted by Crippen LogP contribution is -2.45. The third-order valence-electron chi connectivity index (χ3n) is 14.7. The van der Waals surface area contributed by atoms with E-state index in [-0.39, 0.29) is 18.5 Å². The molecule has 0 aromatic rings. The van der Waals surface area contributed by atoms with Crippen molar-refractivity contribution in [1.29, 1.82) is 0 Å². The summed E-state index contributed by atoms with van der Waals surface area (Å²) in [4.78, 5) is 24.5. The fraction of sp³-hybridized carbons (Fsp3) is 0.906. The first kappa shape index (κ1) is 68.3. The zero-order valence-corrected chi connectivity index (χ0v) is 47.3. The van der Waals surface area contributed by atoms with Crippen molar-refractivity contribution in [2.45, 2.75) is 360 Å². The Kier molecular flexibility index (Phi) is 58.5. The van der Waals surface area contributed by atoms with Crippen LogP contribution in [0.3, 0.4) is 0 Å². The Labute approximate surface area is 437 Å². The Morgan fingerprint density at radius 2 is 0.671 bits per heavy atom. The molecular weight excluding hydrogens is 863 g/mol. The van der Waals surface area contributed by atoms with Crippen LogP contribution in [0.2, 0.25) is 0 Å². The number of rotatable bonds is 59. The predicted molar refractivity (Wildman–Crippen MR) is 306 cm³/mol. The quantitative estimate of drug-likeness (QED) is 0.0321. The van der Waals surface area contributed by atoms with Crippen molar-refractivity contribution in [3.8, 4) is 0 Å². The zero-order valence-electron chi connectivity index (χ0n) is 47.3. The van der Waals surface area contributed by atoms with Gasteiger partial charge in [-0.25, -0.2) is 0 Å². The molecule has 0 heterocycles. The van der Waals surface area contributed by atoms with Crippen molar-refractivity contribution in [2.24, 2.45) is 0 Å². The Morgan fingerprint density at radius 1 is 0.386 bits per heavy atom. The summed E-state index contributed by atoms with van der Waals surface area (Å²) in [7, 11) is 0. The highest BCUT2D eigenvalue weighted by atomic mass is 16.5. The first-order chi connectivity index (χ1) is 34.5. The van der Waals surface area contributed by atoms with E-state index < -0.39 is 12.1 Å². The van der Waals surface area contributed by atoms with Crippen LogP contribution in [0.25, 0.3) is 0 Å². The second-order valence-electron chi connectivity index (χ2n) is 21.7. The monoisotopic (exact) mass is 986 g/mol. The van der Waals surface area contributed by atoms with Gasteiger partial charge in [-0.1, -0.05) is 301 Å². The topological polar surface area (TPSA) is 95.9 Å². The van der Waals surface area contributed by atoms with Gasteiger partial charge in [-0.3, -0.25) is 9.59 Å². The summed E-state index contributed by atoms with van der Waals surface area (Å²) in [5, 5.41) is 23.0. The molecule has 0 bridgehead atoms.